The van der Waals surface area contributed by atoms with Crippen molar-refractivity contribution in [3.05, 3.63) is 80.9 Å². The second-order valence-electron chi connectivity index (χ2n) is 4.51. The highest BCUT2D eigenvalue weighted by Gasteiger charge is 2.24. The molecule has 3 heteroatoms. The first kappa shape index (κ1) is 12.3. The standard InChI is InChI=1S/C15H15NO2/c1-11-3-7-13(8-4-11)15(16(17)18)14-9-5-12(2)6-10-14/h3-10,15H,1-2H3. The number of aryl methyl sites for hydroxylation is 2. The summed E-state index contributed by atoms with van der Waals surface area (Å²) in [5, 5.41) is 11.3. The Bertz CT molecular complexity index is 498. The van der Waals surface area contributed by atoms with E-state index in [1.54, 1.807) is 0 Å². The lowest BCUT2D eigenvalue weighted by atomic mass is 9.98. The predicted molar refractivity (Wildman–Crippen MR) is 71.2 cm³/mol. The van der Waals surface area contributed by atoms with Crippen LogP contribution in [0.5, 0.6) is 0 Å². The fourth-order valence-electron chi connectivity index (χ4n) is 1.93. The molecule has 0 aliphatic carbocycles. The lowest BCUT2D eigenvalue weighted by Gasteiger charge is -2.10. The predicted octanol–water partition coefficient (Wildman–Crippen LogP) is 3.67. The molecule has 0 unspecified atom stereocenters. The van der Waals surface area contributed by atoms with Gasteiger partial charge in [0, 0.05) is 16.1 Å². The Morgan fingerprint density at radius 3 is 1.44 bits per heavy atom. The number of hydrogen-bond donors (Lipinski definition) is 0. The summed E-state index contributed by atoms with van der Waals surface area (Å²) < 4.78 is 0. The minimum absolute atomic E-state index is 0.241. The van der Waals surface area contributed by atoms with Gasteiger partial charge in [-0.25, -0.2) is 0 Å². The first-order valence-corrected chi connectivity index (χ1v) is 5.84. The minimum Gasteiger partial charge on any atom is -0.264 e. The molecule has 0 spiro atoms. The molecule has 2 rings (SSSR count). The monoisotopic (exact) mass is 241 g/mol. The third-order valence-electron chi connectivity index (χ3n) is 3.00. The van der Waals surface area contributed by atoms with Gasteiger partial charge in [0.2, 0.25) is 0 Å². The van der Waals surface area contributed by atoms with Crippen LogP contribution in [0.1, 0.15) is 28.3 Å². The summed E-state index contributed by atoms with van der Waals surface area (Å²) in [5.41, 5.74) is 3.64. The molecule has 92 valence electrons. The van der Waals surface area contributed by atoms with Crippen LogP contribution in [0.4, 0.5) is 0 Å². The van der Waals surface area contributed by atoms with Crippen molar-refractivity contribution in [1.82, 2.24) is 0 Å². The lowest BCUT2D eigenvalue weighted by Crippen LogP contribution is -2.12. The van der Waals surface area contributed by atoms with Crippen molar-refractivity contribution in [2.75, 3.05) is 0 Å². The van der Waals surface area contributed by atoms with Gasteiger partial charge in [0.15, 0.2) is 0 Å². The van der Waals surface area contributed by atoms with Gasteiger partial charge < -0.3 is 0 Å². The van der Waals surface area contributed by atoms with Gasteiger partial charge in [-0.05, 0) is 13.8 Å². The van der Waals surface area contributed by atoms with E-state index in [-0.39, 0.29) is 4.92 Å². The van der Waals surface area contributed by atoms with E-state index < -0.39 is 6.04 Å². The van der Waals surface area contributed by atoms with Crippen LogP contribution in [0.25, 0.3) is 0 Å². The van der Waals surface area contributed by atoms with E-state index in [2.05, 4.69) is 0 Å². The minimum atomic E-state index is -0.786. The molecule has 0 amide bonds. The van der Waals surface area contributed by atoms with E-state index >= 15 is 0 Å². The van der Waals surface area contributed by atoms with Crippen LogP contribution >= 0.6 is 0 Å². The highest BCUT2D eigenvalue weighted by molar-refractivity contribution is 5.32. The third kappa shape index (κ3) is 2.56. The second kappa shape index (κ2) is 5.00. The summed E-state index contributed by atoms with van der Waals surface area (Å²) >= 11 is 0. The first-order valence-electron chi connectivity index (χ1n) is 5.84. The summed E-state index contributed by atoms with van der Waals surface area (Å²) in [6.07, 6.45) is 0. The topological polar surface area (TPSA) is 43.1 Å². The maximum absolute atomic E-state index is 11.3. The molecule has 2 aromatic carbocycles. The summed E-state index contributed by atoms with van der Waals surface area (Å²) in [4.78, 5) is 11.0. The zero-order chi connectivity index (χ0) is 13.1. The van der Waals surface area contributed by atoms with Crippen LogP contribution < -0.4 is 0 Å². The van der Waals surface area contributed by atoms with Crippen LogP contribution in [0.2, 0.25) is 0 Å². The number of rotatable bonds is 3. The number of hydrogen-bond acceptors (Lipinski definition) is 2. The summed E-state index contributed by atoms with van der Waals surface area (Å²) in [5.74, 6) is 0. The Labute approximate surface area is 106 Å². The highest BCUT2D eigenvalue weighted by Crippen LogP contribution is 2.25. The molecule has 0 heterocycles. The van der Waals surface area contributed by atoms with Crippen LogP contribution in [-0.4, -0.2) is 4.92 Å². The molecule has 0 radical (unpaired) electrons. The Morgan fingerprint density at radius 2 is 1.17 bits per heavy atom. The van der Waals surface area contributed by atoms with Gasteiger partial charge in [0.1, 0.15) is 0 Å². The van der Waals surface area contributed by atoms with Gasteiger partial charge in [-0.3, -0.25) is 10.1 Å². The Hall–Kier alpha value is -2.16. The molecule has 0 bridgehead atoms. The van der Waals surface area contributed by atoms with Crippen LogP contribution in [0, 0.1) is 24.0 Å². The molecule has 0 atom stereocenters. The number of nitrogens with zero attached hydrogens (tertiary/aromatic N) is 1. The zero-order valence-corrected chi connectivity index (χ0v) is 10.5. The molecular weight excluding hydrogens is 226 g/mol. The maximum atomic E-state index is 11.3. The molecule has 3 nitrogen and oxygen atoms in total. The quantitative estimate of drug-likeness (QED) is 0.607. The smallest absolute Gasteiger partial charge is 0.263 e. The summed E-state index contributed by atoms with van der Waals surface area (Å²) in [6.45, 7) is 3.94. The van der Waals surface area contributed by atoms with E-state index in [1.165, 1.54) is 0 Å². The van der Waals surface area contributed by atoms with Gasteiger partial charge in [0.05, 0.1) is 0 Å². The van der Waals surface area contributed by atoms with Crippen molar-refractivity contribution in [2.24, 2.45) is 0 Å². The molecule has 0 N–H and O–H groups in total. The van der Waals surface area contributed by atoms with E-state index in [4.69, 9.17) is 0 Å². The Morgan fingerprint density at radius 1 is 0.833 bits per heavy atom. The Kier molecular flexibility index (Phi) is 3.42. The van der Waals surface area contributed by atoms with Gasteiger partial charge in [-0.2, -0.15) is 0 Å². The average Bonchev–Trinajstić information content (AvgIpc) is 2.34. The van der Waals surface area contributed by atoms with E-state index in [1.807, 2.05) is 62.4 Å². The summed E-state index contributed by atoms with van der Waals surface area (Å²) in [6, 6.07) is 14.1. The summed E-state index contributed by atoms with van der Waals surface area (Å²) in [7, 11) is 0. The normalized spacial score (nSPS) is 10.6. The van der Waals surface area contributed by atoms with Crippen LogP contribution in [0.3, 0.4) is 0 Å². The van der Waals surface area contributed by atoms with E-state index in [9.17, 15) is 10.1 Å². The molecule has 0 aliphatic rings. The van der Waals surface area contributed by atoms with Crippen molar-refractivity contribution in [3.8, 4) is 0 Å². The number of benzene rings is 2. The molecule has 0 saturated heterocycles. The van der Waals surface area contributed by atoms with Crippen LogP contribution in [-0.2, 0) is 0 Å². The van der Waals surface area contributed by atoms with E-state index in [0.717, 1.165) is 22.3 Å². The van der Waals surface area contributed by atoms with Crippen molar-refractivity contribution in [1.29, 1.82) is 0 Å². The molecule has 0 saturated carbocycles. The van der Waals surface area contributed by atoms with Crippen molar-refractivity contribution in [2.45, 2.75) is 19.9 Å². The highest BCUT2D eigenvalue weighted by atomic mass is 16.6. The first-order chi connectivity index (χ1) is 8.58. The molecule has 0 aromatic heterocycles. The number of nitro groups is 1. The zero-order valence-electron chi connectivity index (χ0n) is 10.5. The van der Waals surface area contributed by atoms with Crippen molar-refractivity contribution >= 4 is 0 Å². The molecule has 2 aromatic rings. The SMILES string of the molecule is Cc1ccc(C(c2ccc(C)cc2)[N+](=O)[O-])cc1. The molecular formula is C15H15NO2. The average molecular weight is 241 g/mol. The van der Waals surface area contributed by atoms with Gasteiger partial charge >= 0.3 is 0 Å². The van der Waals surface area contributed by atoms with Crippen molar-refractivity contribution in [3.63, 3.8) is 0 Å². The van der Waals surface area contributed by atoms with Gasteiger partial charge in [0.25, 0.3) is 6.04 Å². The fraction of sp³-hybridized carbons (Fsp3) is 0.200. The maximum Gasteiger partial charge on any atom is 0.263 e. The van der Waals surface area contributed by atoms with Gasteiger partial charge in [-0.15, -0.1) is 0 Å². The molecule has 0 aliphatic heterocycles. The van der Waals surface area contributed by atoms with Gasteiger partial charge in [-0.1, -0.05) is 59.7 Å². The van der Waals surface area contributed by atoms with E-state index in [0.29, 0.717) is 0 Å². The van der Waals surface area contributed by atoms with Crippen LogP contribution in [0.15, 0.2) is 48.5 Å². The Balaban J connectivity index is 2.43. The fourth-order valence-corrected chi connectivity index (χ4v) is 1.93. The molecule has 18 heavy (non-hydrogen) atoms. The third-order valence-corrected chi connectivity index (χ3v) is 3.00. The largest absolute Gasteiger partial charge is 0.264 e. The molecule has 0 fully saturated rings. The van der Waals surface area contributed by atoms with Crippen molar-refractivity contribution < 1.29 is 4.92 Å². The second-order valence-corrected chi connectivity index (χ2v) is 4.51. The lowest BCUT2D eigenvalue weighted by molar-refractivity contribution is -0.517.